The number of hydrogen-bond acceptors (Lipinski definition) is 5. The molecule has 0 rings (SSSR count). The maximum absolute atomic E-state index is 12.4. The third-order valence-electron chi connectivity index (χ3n) is 12.1. The molecule has 0 bridgehead atoms. The van der Waals surface area contributed by atoms with Crippen LogP contribution in [0, 0.1) is 0 Å². The zero-order valence-electron chi connectivity index (χ0n) is 39.0. The lowest BCUT2D eigenvalue weighted by atomic mass is 10.0. The molecule has 6 heteroatoms. The predicted octanol–water partition coefficient (Wildman–Crippen LogP) is 15.3. The SMILES string of the molecule is CCCCCCCCCCCCCCCCCCCC(=O)OCCCCC/C=C\CCCCCCCC(=O)NC(CO)C(O)CCCCCCCCCCCCCC. The quantitative estimate of drug-likeness (QED) is 0.0323. The number of nitrogens with one attached hydrogen (secondary N) is 1. The van der Waals surface area contributed by atoms with E-state index in [0.29, 0.717) is 25.9 Å². The van der Waals surface area contributed by atoms with Crippen LogP contribution < -0.4 is 5.32 Å². The van der Waals surface area contributed by atoms with E-state index >= 15 is 0 Å². The second kappa shape index (κ2) is 48.3. The Balaban J connectivity index is 3.47. The van der Waals surface area contributed by atoms with Crippen LogP contribution in [0.2, 0.25) is 0 Å². The molecular formula is C52H101NO5. The van der Waals surface area contributed by atoms with Crippen molar-refractivity contribution in [3.05, 3.63) is 12.2 Å². The number of carbonyl (C=O) groups excluding carboxylic acids is 2. The largest absolute Gasteiger partial charge is 0.466 e. The van der Waals surface area contributed by atoms with Gasteiger partial charge in [0.2, 0.25) is 5.91 Å². The molecule has 2 unspecified atom stereocenters. The summed E-state index contributed by atoms with van der Waals surface area (Å²) in [6.45, 7) is 4.90. The first kappa shape index (κ1) is 56.6. The monoisotopic (exact) mass is 820 g/mol. The molecule has 0 aromatic rings. The number of aliphatic hydroxyl groups excluding tert-OH is 2. The van der Waals surface area contributed by atoms with Crippen molar-refractivity contribution in [2.45, 2.75) is 296 Å². The topological polar surface area (TPSA) is 95.9 Å². The van der Waals surface area contributed by atoms with E-state index in [2.05, 4.69) is 31.3 Å². The number of esters is 1. The van der Waals surface area contributed by atoms with Crippen molar-refractivity contribution in [2.75, 3.05) is 13.2 Å². The Morgan fingerprint density at radius 1 is 0.466 bits per heavy atom. The molecule has 1 amide bonds. The van der Waals surface area contributed by atoms with E-state index in [-0.39, 0.29) is 18.5 Å². The van der Waals surface area contributed by atoms with Gasteiger partial charge in [-0.15, -0.1) is 0 Å². The second-order valence-electron chi connectivity index (χ2n) is 17.9. The van der Waals surface area contributed by atoms with Crippen LogP contribution >= 0.6 is 0 Å². The molecule has 3 N–H and O–H groups in total. The lowest BCUT2D eigenvalue weighted by Crippen LogP contribution is -2.45. The lowest BCUT2D eigenvalue weighted by Gasteiger charge is -2.22. The van der Waals surface area contributed by atoms with Gasteiger partial charge in [0, 0.05) is 12.8 Å². The van der Waals surface area contributed by atoms with Crippen LogP contribution in [-0.2, 0) is 14.3 Å². The van der Waals surface area contributed by atoms with E-state index in [1.807, 2.05) is 0 Å². The van der Waals surface area contributed by atoms with Crippen molar-refractivity contribution >= 4 is 11.9 Å². The van der Waals surface area contributed by atoms with Gasteiger partial charge in [-0.05, 0) is 57.8 Å². The highest BCUT2D eigenvalue weighted by molar-refractivity contribution is 5.76. The number of ether oxygens (including phenoxy) is 1. The van der Waals surface area contributed by atoms with Gasteiger partial charge < -0.3 is 20.3 Å². The van der Waals surface area contributed by atoms with Crippen LogP contribution in [-0.4, -0.2) is 47.4 Å². The maximum Gasteiger partial charge on any atom is 0.305 e. The highest BCUT2D eigenvalue weighted by atomic mass is 16.5. The first-order chi connectivity index (χ1) is 28.5. The summed E-state index contributed by atoms with van der Waals surface area (Å²) in [5, 5.41) is 23.1. The van der Waals surface area contributed by atoms with Gasteiger partial charge in [-0.1, -0.05) is 225 Å². The minimum Gasteiger partial charge on any atom is -0.466 e. The van der Waals surface area contributed by atoms with Gasteiger partial charge in [0.05, 0.1) is 25.4 Å². The summed E-state index contributed by atoms with van der Waals surface area (Å²) in [7, 11) is 0. The molecule has 0 aliphatic carbocycles. The normalized spacial score (nSPS) is 12.7. The molecule has 58 heavy (non-hydrogen) atoms. The number of amides is 1. The number of unbranched alkanes of at least 4 members (excludes halogenated alkanes) is 35. The fourth-order valence-corrected chi connectivity index (χ4v) is 8.05. The van der Waals surface area contributed by atoms with Gasteiger partial charge in [0.15, 0.2) is 0 Å². The van der Waals surface area contributed by atoms with Gasteiger partial charge in [0.25, 0.3) is 0 Å². The molecule has 0 saturated carbocycles. The Kier molecular flexibility index (Phi) is 47.1. The van der Waals surface area contributed by atoms with Crippen molar-refractivity contribution < 1.29 is 24.5 Å². The number of rotatable bonds is 48. The second-order valence-corrected chi connectivity index (χ2v) is 17.9. The molecule has 0 radical (unpaired) electrons. The van der Waals surface area contributed by atoms with Gasteiger partial charge in [-0.2, -0.15) is 0 Å². The van der Waals surface area contributed by atoms with Gasteiger partial charge in [-0.3, -0.25) is 9.59 Å². The zero-order valence-corrected chi connectivity index (χ0v) is 39.0. The van der Waals surface area contributed by atoms with E-state index in [9.17, 15) is 19.8 Å². The molecule has 6 nitrogen and oxygen atoms in total. The van der Waals surface area contributed by atoms with Crippen LogP contribution in [0.3, 0.4) is 0 Å². The van der Waals surface area contributed by atoms with E-state index in [1.165, 1.54) is 173 Å². The summed E-state index contributed by atoms with van der Waals surface area (Å²) < 4.78 is 5.45. The zero-order chi connectivity index (χ0) is 42.3. The third kappa shape index (κ3) is 44.2. The fourth-order valence-electron chi connectivity index (χ4n) is 8.05. The number of aliphatic hydroxyl groups is 2. The van der Waals surface area contributed by atoms with Gasteiger partial charge in [-0.25, -0.2) is 0 Å². The fraction of sp³-hybridized carbons (Fsp3) is 0.923. The molecule has 0 spiro atoms. The Morgan fingerprint density at radius 3 is 1.22 bits per heavy atom. The van der Waals surface area contributed by atoms with E-state index in [4.69, 9.17) is 4.74 Å². The first-order valence-electron chi connectivity index (χ1n) is 25.9. The predicted molar refractivity (Wildman–Crippen MR) is 250 cm³/mol. The molecule has 0 aromatic carbocycles. The van der Waals surface area contributed by atoms with Crippen LogP contribution in [0.1, 0.15) is 284 Å². The number of hydrogen-bond donors (Lipinski definition) is 3. The minimum atomic E-state index is -0.678. The lowest BCUT2D eigenvalue weighted by molar-refractivity contribution is -0.143. The summed E-state index contributed by atoms with van der Waals surface area (Å²) in [6.07, 6.45) is 54.7. The molecule has 0 aliphatic heterocycles. The standard InChI is InChI=1S/C52H101NO5/c1-3-5-7-9-11-13-15-17-18-19-20-21-26-30-34-38-42-46-52(57)58-47-43-39-35-31-27-23-22-25-29-33-37-41-45-51(56)53-49(48-54)50(55)44-40-36-32-28-24-16-14-12-10-8-6-4-2/h23,27,49-50,54-55H,3-22,24-26,28-48H2,1-2H3,(H,53,56)/b27-23-. The molecule has 0 aliphatic rings. The van der Waals surface area contributed by atoms with E-state index < -0.39 is 12.1 Å². The van der Waals surface area contributed by atoms with Crippen LogP contribution in [0.4, 0.5) is 0 Å². The number of allylic oxidation sites excluding steroid dienone is 2. The Hall–Kier alpha value is -1.40. The van der Waals surface area contributed by atoms with Crippen LogP contribution in [0.15, 0.2) is 12.2 Å². The van der Waals surface area contributed by atoms with E-state index in [0.717, 1.165) is 77.0 Å². The highest BCUT2D eigenvalue weighted by Gasteiger charge is 2.20. The maximum atomic E-state index is 12.4. The van der Waals surface area contributed by atoms with Crippen molar-refractivity contribution in [1.29, 1.82) is 0 Å². The van der Waals surface area contributed by atoms with Crippen molar-refractivity contribution in [3.63, 3.8) is 0 Å². The van der Waals surface area contributed by atoms with Gasteiger partial charge >= 0.3 is 5.97 Å². The van der Waals surface area contributed by atoms with Crippen molar-refractivity contribution in [3.8, 4) is 0 Å². The van der Waals surface area contributed by atoms with Gasteiger partial charge in [0.1, 0.15) is 0 Å². The average molecular weight is 820 g/mol. The highest BCUT2D eigenvalue weighted by Crippen LogP contribution is 2.16. The molecule has 0 aromatic heterocycles. The summed E-state index contributed by atoms with van der Waals surface area (Å²) in [5.41, 5.74) is 0. The smallest absolute Gasteiger partial charge is 0.305 e. The summed E-state index contributed by atoms with van der Waals surface area (Å²) in [4.78, 5) is 24.5. The molecular weight excluding hydrogens is 719 g/mol. The first-order valence-corrected chi connectivity index (χ1v) is 25.9. The molecule has 344 valence electrons. The molecule has 0 heterocycles. The molecule has 0 saturated heterocycles. The Morgan fingerprint density at radius 2 is 0.810 bits per heavy atom. The summed E-state index contributed by atoms with van der Waals surface area (Å²) >= 11 is 0. The Labute approximate surface area is 361 Å². The summed E-state index contributed by atoms with van der Waals surface area (Å²) in [5.74, 6) is -0.0793. The van der Waals surface area contributed by atoms with Crippen molar-refractivity contribution in [1.82, 2.24) is 5.32 Å². The van der Waals surface area contributed by atoms with Crippen LogP contribution in [0.5, 0.6) is 0 Å². The minimum absolute atomic E-state index is 0.0188. The molecule has 0 fully saturated rings. The van der Waals surface area contributed by atoms with Crippen molar-refractivity contribution in [2.24, 2.45) is 0 Å². The average Bonchev–Trinajstić information content (AvgIpc) is 3.22. The molecule has 2 atom stereocenters. The number of carbonyl (C=O) groups is 2. The third-order valence-corrected chi connectivity index (χ3v) is 12.1. The van der Waals surface area contributed by atoms with Crippen LogP contribution in [0.25, 0.3) is 0 Å². The van der Waals surface area contributed by atoms with E-state index in [1.54, 1.807) is 0 Å². The Bertz CT molecular complexity index is 863. The summed E-state index contributed by atoms with van der Waals surface area (Å²) in [6, 6.07) is -0.558.